The van der Waals surface area contributed by atoms with Gasteiger partial charge in [0.1, 0.15) is 5.82 Å². The van der Waals surface area contributed by atoms with E-state index >= 15 is 0 Å². The van der Waals surface area contributed by atoms with Crippen LogP contribution in [0.15, 0.2) is 12.4 Å². The Morgan fingerprint density at radius 3 is 2.54 bits per heavy atom. The second kappa shape index (κ2) is 7.18. The van der Waals surface area contributed by atoms with Crippen LogP contribution in [0.4, 0.5) is 0 Å². The number of nitrogens with two attached hydrogens (primary N) is 1. The van der Waals surface area contributed by atoms with Crippen LogP contribution in [0.5, 0.6) is 0 Å². The van der Waals surface area contributed by atoms with Gasteiger partial charge in [-0.1, -0.05) is 6.92 Å². The van der Waals surface area contributed by atoms with Crippen LogP contribution in [0.1, 0.15) is 12.7 Å². The normalized spacial score (nSPS) is 11.3. The van der Waals surface area contributed by atoms with Gasteiger partial charge < -0.3 is 10.3 Å². The highest BCUT2D eigenvalue weighted by Crippen LogP contribution is 2.01. The number of aromatic nitrogens is 2. The fourth-order valence-electron chi connectivity index (χ4n) is 1.01. The van der Waals surface area contributed by atoms with Crippen molar-refractivity contribution < 1.29 is 0 Å². The van der Waals surface area contributed by atoms with E-state index in [2.05, 4.69) is 16.5 Å². The number of halogens is 2. The highest BCUT2D eigenvalue weighted by Gasteiger charge is 2.01. The van der Waals surface area contributed by atoms with Crippen LogP contribution in [0, 0.1) is 12.8 Å². The molecule has 0 radical (unpaired) electrons. The van der Waals surface area contributed by atoms with E-state index in [1.54, 1.807) is 0 Å². The van der Waals surface area contributed by atoms with Gasteiger partial charge in [0.05, 0.1) is 0 Å². The van der Waals surface area contributed by atoms with E-state index in [0.717, 1.165) is 18.9 Å². The minimum absolute atomic E-state index is 0. The van der Waals surface area contributed by atoms with Crippen LogP contribution in [0.25, 0.3) is 0 Å². The number of rotatable bonds is 3. The lowest BCUT2D eigenvalue weighted by Crippen LogP contribution is -2.17. The van der Waals surface area contributed by atoms with Crippen molar-refractivity contribution in [1.82, 2.24) is 9.55 Å². The molecule has 1 rings (SSSR count). The van der Waals surface area contributed by atoms with Crippen molar-refractivity contribution >= 4 is 24.8 Å². The number of hydrogen-bond donors (Lipinski definition) is 1. The molecule has 0 bridgehead atoms. The Bertz CT molecular complexity index is 225. The van der Waals surface area contributed by atoms with E-state index in [1.807, 2.05) is 19.3 Å². The molecule has 0 saturated carbocycles. The summed E-state index contributed by atoms with van der Waals surface area (Å²) < 4.78 is 2.12. The molecule has 1 heterocycles. The Hall–Kier alpha value is -0.250. The average molecular weight is 226 g/mol. The lowest BCUT2D eigenvalue weighted by Gasteiger charge is -2.09. The van der Waals surface area contributed by atoms with Crippen molar-refractivity contribution in [2.45, 2.75) is 20.4 Å². The molecular weight excluding hydrogens is 209 g/mol. The minimum atomic E-state index is 0. The van der Waals surface area contributed by atoms with Crippen LogP contribution in [0.2, 0.25) is 0 Å². The molecule has 2 N–H and O–H groups in total. The zero-order chi connectivity index (χ0) is 8.27. The number of hydrogen-bond acceptors (Lipinski definition) is 2. The van der Waals surface area contributed by atoms with E-state index in [0.29, 0.717) is 5.92 Å². The highest BCUT2D eigenvalue weighted by molar-refractivity contribution is 5.85. The minimum Gasteiger partial charge on any atom is -0.335 e. The van der Waals surface area contributed by atoms with Gasteiger partial charge in [-0.2, -0.15) is 0 Å². The zero-order valence-corrected chi connectivity index (χ0v) is 9.57. The summed E-state index contributed by atoms with van der Waals surface area (Å²) in [6.07, 6.45) is 3.81. The molecular formula is C8H17Cl2N3. The summed E-state index contributed by atoms with van der Waals surface area (Å²) in [4.78, 5) is 4.13. The zero-order valence-electron chi connectivity index (χ0n) is 7.93. The third-order valence-electron chi connectivity index (χ3n) is 1.83. The molecule has 13 heavy (non-hydrogen) atoms. The molecule has 0 aromatic carbocycles. The van der Waals surface area contributed by atoms with E-state index < -0.39 is 0 Å². The van der Waals surface area contributed by atoms with E-state index in [1.165, 1.54) is 0 Å². The average Bonchev–Trinajstić information content (AvgIpc) is 2.37. The molecule has 5 heteroatoms. The maximum atomic E-state index is 5.50. The van der Waals surface area contributed by atoms with Gasteiger partial charge in [0.25, 0.3) is 0 Å². The smallest absolute Gasteiger partial charge is 0.105 e. The lowest BCUT2D eigenvalue weighted by atomic mass is 10.2. The Morgan fingerprint density at radius 2 is 2.15 bits per heavy atom. The Morgan fingerprint density at radius 1 is 1.54 bits per heavy atom. The largest absolute Gasteiger partial charge is 0.335 e. The molecule has 0 aliphatic rings. The van der Waals surface area contributed by atoms with E-state index in [-0.39, 0.29) is 24.8 Å². The Balaban J connectivity index is 0. The van der Waals surface area contributed by atoms with Gasteiger partial charge in [-0.3, -0.25) is 0 Å². The fourth-order valence-corrected chi connectivity index (χ4v) is 1.01. The lowest BCUT2D eigenvalue weighted by molar-refractivity contribution is 0.484. The van der Waals surface area contributed by atoms with Crippen LogP contribution < -0.4 is 5.73 Å². The van der Waals surface area contributed by atoms with Gasteiger partial charge in [-0.15, -0.1) is 24.8 Å². The first-order valence-corrected chi connectivity index (χ1v) is 3.92. The molecule has 0 aliphatic heterocycles. The summed E-state index contributed by atoms with van der Waals surface area (Å²) in [6.45, 7) is 5.85. The molecule has 1 atom stereocenters. The second-order valence-electron chi connectivity index (χ2n) is 2.97. The molecule has 0 fully saturated rings. The van der Waals surface area contributed by atoms with Gasteiger partial charge in [0.15, 0.2) is 0 Å². The molecule has 0 saturated heterocycles. The maximum absolute atomic E-state index is 5.50. The van der Waals surface area contributed by atoms with Crippen molar-refractivity contribution in [2.75, 3.05) is 6.54 Å². The monoisotopic (exact) mass is 225 g/mol. The van der Waals surface area contributed by atoms with Gasteiger partial charge in [0, 0.05) is 18.9 Å². The van der Waals surface area contributed by atoms with Crippen molar-refractivity contribution in [3.63, 3.8) is 0 Å². The standard InChI is InChI=1S/C8H15N3.2ClH/c1-7(5-9)6-11-4-3-10-8(11)2;;/h3-4,7H,5-6,9H2,1-2H3;2*1H. The maximum Gasteiger partial charge on any atom is 0.105 e. The third kappa shape index (κ3) is 4.50. The molecule has 1 unspecified atom stereocenters. The number of aryl methyl sites for hydroxylation is 1. The summed E-state index contributed by atoms with van der Waals surface area (Å²) in [7, 11) is 0. The molecule has 0 aliphatic carbocycles. The fraction of sp³-hybridized carbons (Fsp3) is 0.625. The van der Waals surface area contributed by atoms with Crippen molar-refractivity contribution in [3.8, 4) is 0 Å². The first kappa shape index (κ1) is 15.2. The summed E-state index contributed by atoms with van der Waals surface area (Å²) in [5.41, 5.74) is 5.50. The quantitative estimate of drug-likeness (QED) is 0.851. The van der Waals surface area contributed by atoms with Gasteiger partial charge in [-0.05, 0) is 19.4 Å². The first-order chi connectivity index (χ1) is 5.24. The van der Waals surface area contributed by atoms with E-state index in [4.69, 9.17) is 5.73 Å². The van der Waals surface area contributed by atoms with Gasteiger partial charge in [-0.25, -0.2) is 4.98 Å². The Labute approximate surface area is 91.5 Å². The molecule has 0 spiro atoms. The molecule has 3 nitrogen and oxygen atoms in total. The molecule has 1 aromatic heterocycles. The Kier molecular flexibility index (Phi) is 8.42. The predicted molar refractivity (Wildman–Crippen MR) is 59.7 cm³/mol. The van der Waals surface area contributed by atoms with Gasteiger partial charge in [0.2, 0.25) is 0 Å². The SMILES string of the molecule is Cc1nccn1CC(C)CN.Cl.Cl. The molecule has 0 amide bonds. The summed E-state index contributed by atoms with van der Waals surface area (Å²) in [5.74, 6) is 1.59. The number of nitrogens with zero attached hydrogens (tertiary/aromatic N) is 2. The van der Waals surface area contributed by atoms with Crippen molar-refractivity contribution in [1.29, 1.82) is 0 Å². The summed E-state index contributed by atoms with van der Waals surface area (Å²) >= 11 is 0. The first-order valence-electron chi connectivity index (χ1n) is 3.92. The molecule has 1 aromatic rings. The van der Waals surface area contributed by atoms with Crippen molar-refractivity contribution in [2.24, 2.45) is 11.7 Å². The topological polar surface area (TPSA) is 43.8 Å². The highest BCUT2D eigenvalue weighted by atomic mass is 35.5. The summed E-state index contributed by atoms with van der Waals surface area (Å²) in [5, 5.41) is 0. The summed E-state index contributed by atoms with van der Waals surface area (Å²) in [6, 6.07) is 0. The van der Waals surface area contributed by atoms with Crippen LogP contribution >= 0.6 is 24.8 Å². The third-order valence-corrected chi connectivity index (χ3v) is 1.83. The van der Waals surface area contributed by atoms with Crippen molar-refractivity contribution in [3.05, 3.63) is 18.2 Å². The number of imidazole rings is 1. The van der Waals surface area contributed by atoms with Crippen LogP contribution in [-0.4, -0.2) is 16.1 Å². The van der Waals surface area contributed by atoms with Gasteiger partial charge >= 0.3 is 0 Å². The van der Waals surface area contributed by atoms with E-state index in [9.17, 15) is 0 Å². The van der Waals surface area contributed by atoms with Crippen LogP contribution in [-0.2, 0) is 6.54 Å². The second-order valence-corrected chi connectivity index (χ2v) is 2.97. The van der Waals surface area contributed by atoms with Crippen LogP contribution in [0.3, 0.4) is 0 Å². The molecule has 78 valence electrons. The predicted octanol–water partition coefficient (Wildman–Crippen LogP) is 1.63.